The number of benzene rings is 1. The highest BCUT2D eigenvalue weighted by Gasteiger charge is 2.17. The van der Waals surface area contributed by atoms with Gasteiger partial charge < -0.3 is 10.3 Å². The molecule has 1 aromatic heterocycles. The minimum atomic E-state index is 0.0201. The molecule has 0 saturated heterocycles. The molecule has 0 atom stereocenters. The Labute approximate surface area is 144 Å². The van der Waals surface area contributed by atoms with Crippen molar-refractivity contribution in [2.45, 2.75) is 44.6 Å². The van der Waals surface area contributed by atoms with Gasteiger partial charge in [0.25, 0.3) is 5.56 Å². The Hall–Kier alpha value is -1.30. The lowest BCUT2D eigenvalue weighted by Crippen LogP contribution is -2.21. The average Bonchev–Trinajstić information content (AvgIpc) is 3.04. The second kappa shape index (κ2) is 7.31. The van der Waals surface area contributed by atoms with Crippen molar-refractivity contribution in [3.05, 3.63) is 61.6 Å². The number of aromatic nitrogens is 1. The van der Waals surface area contributed by atoms with Crippen molar-refractivity contribution in [2.24, 2.45) is 0 Å². The minimum Gasteiger partial charge on any atom is -0.381 e. The van der Waals surface area contributed by atoms with Crippen LogP contribution in [0.25, 0.3) is 0 Å². The van der Waals surface area contributed by atoms with Crippen molar-refractivity contribution in [1.29, 1.82) is 0 Å². The largest absolute Gasteiger partial charge is 0.381 e. The van der Waals surface area contributed by atoms with Crippen LogP contribution in [0, 0.1) is 3.57 Å². The summed E-state index contributed by atoms with van der Waals surface area (Å²) in [5.74, 6) is 0. The second-order valence-corrected chi connectivity index (χ2v) is 7.04. The van der Waals surface area contributed by atoms with Crippen molar-refractivity contribution in [1.82, 2.24) is 4.98 Å². The zero-order chi connectivity index (χ0) is 15.4. The normalized spacial score (nSPS) is 15.1. The van der Waals surface area contributed by atoms with Crippen LogP contribution in [0.2, 0.25) is 0 Å². The molecule has 1 aliphatic carbocycles. The van der Waals surface area contributed by atoms with Crippen LogP contribution in [0.15, 0.2) is 41.2 Å². The van der Waals surface area contributed by atoms with Gasteiger partial charge in [0.2, 0.25) is 0 Å². The highest BCUT2D eigenvalue weighted by atomic mass is 127. The van der Waals surface area contributed by atoms with Gasteiger partial charge in [-0.1, -0.05) is 43.2 Å². The number of aromatic amines is 1. The van der Waals surface area contributed by atoms with Gasteiger partial charge in [0.05, 0.1) is 5.69 Å². The number of aryl methyl sites for hydroxylation is 2. The predicted molar refractivity (Wildman–Crippen MR) is 99.5 cm³/mol. The highest BCUT2D eigenvalue weighted by Crippen LogP contribution is 2.24. The molecule has 1 fully saturated rings. The molecule has 0 amide bonds. The van der Waals surface area contributed by atoms with Gasteiger partial charge in [-0.3, -0.25) is 4.79 Å². The molecule has 0 spiro atoms. The smallest absolute Gasteiger partial charge is 0.263 e. The molecule has 0 bridgehead atoms. The summed E-state index contributed by atoms with van der Waals surface area (Å²) in [6, 6.07) is 13.0. The molecule has 1 saturated carbocycles. The topological polar surface area (TPSA) is 44.9 Å². The average molecular weight is 408 g/mol. The van der Waals surface area contributed by atoms with Crippen LogP contribution in [0.5, 0.6) is 0 Å². The Kier molecular flexibility index (Phi) is 5.18. The van der Waals surface area contributed by atoms with Crippen molar-refractivity contribution >= 4 is 28.3 Å². The van der Waals surface area contributed by atoms with Crippen LogP contribution in [0.1, 0.15) is 36.9 Å². The summed E-state index contributed by atoms with van der Waals surface area (Å²) >= 11 is 2.14. The Morgan fingerprint density at radius 1 is 1.14 bits per heavy atom. The highest BCUT2D eigenvalue weighted by molar-refractivity contribution is 14.1. The summed E-state index contributed by atoms with van der Waals surface area (Å²) in [4.78, 5) is 15.2. The van der Waals surface area contributed by atoms with Crippen molar-refractivity contribution in [3.63, 3.8) is 0 Å². The molecule has 2 N–H and O–H groups in total. The number of hydrogen-bond donors (Lipinski definition) is 2. The van der Waals surface area contributed by atoms with Gasteiger partial charge in [0.15, 0.2) is 0 Å². The van der Waals surface area contributed by atoms with E-state index in [2.05, 4.69) is 63.2 Å². The van der Waals surface area contributed by atoms with Crippen molar-refractivity contribution in [3.8, 4) is 0 Å². The van der Waals surface area contributed by atoms with Crippen LogP contribution >= 0.6 is 22.6 Å². The molecule has 1 aliphatic rings. The van der Waals surface area contributed by atoms with E-state index in [4.69, 9.17) is 0 Å². The van der Waals surface area contributed by atoms with E-state index in [1.165, 1.54) is 31.2 Å². The number of hydrogen-bond acceptors (Lipinski definition) is 2. The summed E-state index contributed by atoms with van der Waals surface area (Å²) in [5, 5.41) is 3.56. The molecule has 4 heteroatoms. The van der Waals surface area contributed by atoms with Gasteiger partial charge in [-0.15, -0.1) is 0 Å². The lowest BCUT2D eigenvalue weighted by molar-refractivity contribution is 0.753. The summed E-state index contributed by atoms with van der Waals surface area (Å²) in [5.41, 5.74) is 3.33. The Balaban J connectivity index is 1.73. The SMILES string of the molecule is O=c1[nH]c(CCc2ccccc2)cc(NC2CCCC2)c1I. The third-order valence-corrected chi connectivity index (χ3v) is 5.34. The number of nitrogens with one attached hydrogen (secondary N) is 2. The first kappa shape index (κ1) is 15.6. The molecule has 22 heavy (non-hydrogen) atoms. The molecule has 0 aliphatic heterocycles. The predicted octanol–water partition coefficient (Wildman–Crippen LogP) is 4.12. The van der Waals surface area contributed by atoms with Crippen LogP contribution < -0.4 is 10.9 Å². The van der Waals surface area contributed by atoms with E-state index < -0.39 is 0 Å². The lowest BCUT2D eigenvalue weighted by Gasteiger charge is -2.15. The van der Waals surface area contributed by atoms with E-state index >= 15 is 0 Å². The standard InChI is InChI=1S/C18H21IN2O/c19-17-16(20-14-8-4-5-9-14)12-15(21-18(17)22)11-10-13-6-2-1-3-7-13/h1-3,6-7,12,14H,4-5,8-11H2,(H2,20,21,22). The van der Waals surface area contributed by atoms with Gasteiger partial charge >= 0.3 is 0 Å². The minimum absolute atomic E-state index is 0.0201. The Morgan fingerprint density at radius 3 is 2.59 bits per heavy atom. The van der Waals surface area contributed by atoms with Gasteiger partial charge in [0, 0.05) is 11.7 Å². The fourth-order valence-corrected chi connectivity index (χ4v) is 3.50. The monoisotopic (exact) mass is 408 g/mol. The van der Waals surface area contributed by atoms with Gasteiger partial charge in [-0.05, 0) is 59.9 Å². The zero-order valence-electron chi connectivity index (χ0n) is 12.6. The zero-order valence-corrected chi connectivity index (χ0v) is 14.7. The maximum absolute atomic E-state index is 12.1. The van der Waals surface area contributed by atoms with Gasteiger partial charge in [-0.2, -0.15) is 0 Å². The number of anilines is 1. The quantitative estimate of drug-likeness (QED) is 0.732. The molecule has 116 valence electrons. The van der Waals surface area contributed by atoms with Crippen LogP contribution in [0.4, 0.5) is 5.69 Å². The molecule has 3 rings (SSSR count). The van der Waals surface area contributed by atoms with Crippen molar-refractivity contribution < 1.29 is 0 Å². The first-order valence-electron chi connectivity index (χ1n) is 7.94. The van der Waals surface area contributed by atoms with Crippen molar-refractivity contribution in [2.75, 3.05) is 5.32 Å². The van der Waals surface area contributed by atoms with Gasteiger partial charge in [-0.25, -0.2) is 0 Å². The number of rotatable bonds is 5. The van der Waals surface area contributed by atoms with E-state index in [0.717, 1.165) is 27.8 Å². The van der Waals surface area contributed by atoms with E-state index in [0.29, 0.717) is 6.04 Å². The summed E-state index contributed by atoms with van der Waals surface area (Å²) in [7, 11) is 0. The van der Waals surface area contributed by atoms with E-state index in [-0.39, 0.29) is 5.56 Å². The van der Waals surface area contributed by atoms with Gasteiger partial charge in [0.1, 0.15) is 3.57 Å². The number of pyridine rings is 1. The molecule has 3 nitrogen and oxygen atoms in total. The molecule has 1 heterocycles. The molecule has 0 unspecified atom stereocenters. The van der Waals surface area contributed by atoms with E-state index in [1.807, 2.05) is 6.07 Å². The summed E-state index contributed by atoms with van der Waals surface area (Å²) in [6.07, 6.45) is 6.80. The molecular formula is C18H21IN2O. The van der Waals surface area contributed by atoms with Crippen LogP contribution in [-0.4, -0.2) is 11.0 Å². The molecule has 2 aromatic rings. The van der Waals surface area contributed by atoms with E-state index in [1.54, 1.807) is 0 Å². The summed E-state index contributed by atoms with van der Waals surface area (Å²) in [6.45, 7) is 0. The lowest BCUT2D eigenvalue weighted by atomic mass is 10.1. The third-order valence-electron chi connectivity index (χ3n) is 4.27. The molecular weight excluding hydrogens is 387 g/mol. The third kappa shape index (κ3) is 3.91. The molecule has 1 aromatic carbocycles. The number of H-pyrrole nitrogens is 1. The maximum atomic E-state index is 12.1. The van der Waals surface area contributed by atoms with Crippen LogP contribution in [0.3, 0.4) is 0 Å². The van der Waals surface area contributed by atoms with Crippen LogP contribution in [-0.2, 0) is 12.8 Å². The summed E-state index contributed by atoms with van der Waals surface area (Å²) < 4.78 is 0.771. The maximum Gasteiger partial charge on any atom is 0.263 e. The number of halogens is 1. The Morgan fingerprint density at radius 2 is 1.86 bits per heavy atom. The fraction of sp³-hybridized carbons (Fsp3) is 0.389. The Bertz CT molecular complexity index is 675. The first-order chi connectivity index (χ1) is 10.7. The molecule has 0 radical (unpaired) electrons. The first-order valence-corrected chi connectivity index (χ1v) is 9.02. The second-order valence-electron chi connectivity index (χ2n) is 5.96. The fourth-order valence-electron chi connectivity index (χ4n) is 3.05. The van der Waals surface area contributed by atoms with E-state index in [9.17, 15) is 4.79 Å².